The minimum absolute atomic E-state index is 0.00709. The third-order valence-corrected chi connectivity index (χ3v) is 3.93. The molecule has 0 heterocycles. The van der Waals surface area contributed by atoms with Crippen LogP contribution in [0, 0.1) is 10.1 Å². The molecule has 0 unspecified atom stereocenters. The second-order valence-corrected chi connectivity index (χ2v) is 5.62. The third-order valence-electron chi connectivity index (χ3n) is 3.93. The van der Waals surface area contributed by atoms with E-state index in [0.717, 1.165) is 6.07 Å². The quantitative estimate of drug-likeness (QED) is 0.434. The summed E-state index contributed by atoms with van der Waals surface area (Å²) in [6.07, 6.45) is 0. The second kappa shape index (κ2) is 9.33. The Morgan fingerprint density at radius 1 is 1.11 bits per heavy atom. The molecule has 142 valence electrons. The number of amides is 1. The van der Waals surface area contributed by atoms with Gasteiger partial charge in [0, 0.05) is 24.8 Å². The average molecular weight is 371 g/mol. The van der Waals surface area contributed by atoms with Gasteiger partial charge >= 0.3 is 5.97 Å². The van der Waals surface area contributed by atoms with Crippen molar-refractivity contribution in [3.8, 4) is 0 Å². The third kappa shape index (κ3) is 5.27. The van der Waals surface area contributed by atoms with Crippen LogP contribution in [0.4, 0.5) is 17.1 Å². The van der Waals surface area contributed by atoms with Gasteiger partial charge in [-0.05, 0) is 38.1 Å². The second-order valence-electron chi connectivity index (χ2n) is 5.62. The predicted molar refractivity (Wildman–Crippen MR) is 101 cm³/mol. The topological polar surface area (TPSA) is 102 Å². The van der Waals surface area contributed by atoms with Crippen molar-refractivity contribution in [1.82, 2.24) is 4.90 Å². The average Bonchev–Trinajstić information content (AvgIpc) is 2.68. The Labute approximate surface area is 156 Å². The number of benzene rings is 2. The summed E-state index contributed by atoms with van der Waals surface area (Å²) in [6.45, 7) is 4.27. The number of esters is 1. The summed E-state index contributed by atoms with van der Waals surface area (Å²) < 4.78 is 4.99. The summed E-state index contributed by atoms with van der Waals surface area (Å²) >= 11 is 0. The van der Waals surface area contributed by atoms with Crippen LogP contribution >= 0.6 is 0 Å². The Kier molecular flexibility index (Phi) is 6.87. The van der Waals surface area contributed by atoms with E-state index < -0.39 is 17.5 Å². The van der Waals surface area contributed by atoms with Crippen LogP contribution in [0.5, 0.6) is 0 Å². The first kappa shape index (κ1) is 19.9. The van der Waals surface area contributed by atoms with Crippen molar-refractivity contribution in [2.75, 3.05) is 25.0 Å². The van der Waals surface area contributed by atoms with Crippen molar-refractivity contribution in [1.29, 1.82) is 0 Å². The molecule has 2 aromatic rings. The molecule has 0 radical (unpaired) electrons. The highest BCUT2D eigenvalue weighted by atomic mass is 16.6. The number of nitrogens with one attached hydrogen (secondary N) is 1. The molecule has 0 aliphatic heterocycles. The Morgan fingerprint density at radius 2 is 1.78 bits per heavy atom. The number of hydrogen-bond donors (Lipinski definition) is 1. The van der Waals surface area contributed by atoms with Crippen molar-refractivity contribution >= 4 is 28.9 Å². The fourth-order valence-corrected chi connectivity index (χ4v) is 2.47. The number of likely N-dealkylation sites (N-methyl/N-ethyl adjacent to an activating group) is 1. The Balaban J connectivity index is 2.13. The fourth-order valence-electron chi connectivity index (χ4n) is 2.47. The van der Waals surface area contributed by atoms with Gasteiger partial charge < -0.3 is 15.0 Å². The molecule has 0 bridgehead atoms. The minimum atomic E-state index is -0.787. The number of anilines is 2. The number of nitro benzene ring substituents is 1. The largest absolute Gasteiger partial charge is 0.452 e. The number of rotatable bonds is 8. The highest BCUT2D eigenvalue weighted by Crippen LogP contribution is 2.28. The summed E-state index contributed by atoms with van der Waals surface area (Å²) in [7, 11) is 0. The van der Waals surface area contributed by atoms with E-state index in [1.165, 1.54) is 17.0 Å². The van der Waals surface area contributed by atoms with Gasteiger partial charge in [-0.2, -0.15) is 0 Å². The number of para-hydroxylation sites is 1. The zero-order chi connectivity index (χ0) is 19.8. The van der Waals surface area contributed by atoms with Crippen LogP contribution in [0.25, 0.3) is 0 Å². The van der Waals surface area contributed by atoms with Crippen LogP contribution in [-0.2, 0) is 9.53 Å². The molecular formula is C19H21N3O5. The van der Waals surface area contributed by atoms with Gasteiger partial charge in [0.15, 0.2) is 6.61 Å². The predicted octanol–water partition coefficient (Wildman–Crippen LogP) is 3.36. The first-order valence-electron chi connectivity index (χ1n) is 8.51. The number of hydrogen-bond acceptors (Lipinski definition) is 6. The van der Waals surface area contributed by atoms with Crippen molar-refractivity contribution < 1.29 is 19.2 Å². The van der Waals surface area contributed by atoms with Crippen LogP contribution in [0.15, 0.2) is 48.5 Å². The summed E-state index contributed by atoms with van der Waals surface area (Å²) in [5.74, 6) is -1.10. The fraction of sp³-hybridized carbons (Fsp3) is 0.263. The molecule has 0 fully saturated rings. The highest BCUT2D eigenvalue weighted by Gasteiger charge is 2.20. The molecule has 0 aliphatic carbocycles. The van der Waals surface area contributed by atoms with Gasteiger partial charge in [-0.15, -0.1) is 0 Å². The molecule has 2 aromatic carbocycles. The summed E-state index contributed by atoms with van der Waals surface area (Å²) in [6, 6.07) is 13.0. The van der Waals surface area contributed by atoms with E-state index >= 15 is 0 Å². The maximum atomic E-state index is 12.2. The van der Waals surface area contributed by atoms with Gasteiger partial charge in [0.2, 0.25) is 0 Å². The smallest absolute Gasteiger partial charge is 0.338 e. The van der Waals surface area contributed by atoms with Crippen LogP contribution < -0.4 is 5.32 Å². The van der Waals surface area contributed by atoms with Gasteiger partial charge in [-0.25, -0.2) is 4.79 Å². The minimum Gasteiger partial charge on any atom is -0.452 e. The number of nitro groups is 1. The molecular weight excluding hydrogens is 350 g/mol. The van der Waals surface area contributed by atoms with E-state index in [0.29, 0.717) is 18.8 Å². The summed E-state index contributed by atoms with van der Waals surface area (Å²) in [5, 5.41) is 14.3. The molecule has 8 nitrogen and oxygen atoms in total. The van der Waals surface area contributed by atoms with Crippen molar-refractivity contribution in [3.05, 3.63) is 64.2 Å². The molecule has 0 saturated carbocycles. The molecule has 1 amide bonds. The molecule has 0 aromatic heterocycles. The highest BCUT2D eigenvalue weighted by molar-refractivity contribution is 5.93. The maximum absolute atomic E-state index is 12.2. The molecule has 0 atom stereocenters. The van der Waals surface area contributed by atoms with Gasteiger partial charge in [-0.1, -0.05) is 18.2 Å². The Bertz CT molecular complexity index is 819. The number of carbonyl (C=O) groups is 2. The Hall–Kier alpha value is -3.42. The van der Waals surface area contributed by atoms with E-state index in [1.807, 2.05) is 19.9 Å². The molecule has 1 N–H and O–H groups in total. The van der Waals surface area contributed by atoms with E-state index in [4.69, 9.17) is 4.74 Å². The van der Waals surface area contributed by atoms with Crippen LogP contribution in [0.1, 0.15) is 24.2 Å². The summed E-state index contributed by atoms with van der Waals surface area (Å²) in [4.78, 5) is 36.4. The number of nitrogens with zero attached hydrogens (tertiary/aromatic N) is 2. The molecule has 0 saturated heterocycles. The van der Waals surface area contributed by atoms with E-state index in [2.05, 4.69) is 5.32 Å². The molecule has 0 aliphatic rings. The van der Waals surface area contributed by atoms with E-state index in [9.17, 15) is 19.7 Å². The maximum Gasteiger partial charge on any atom is 0.338 e. The lowest BCUT2D eigenvalue weighted by atomic mass is 10.1. The number of carbonyl (C=O) groups excluding carboxylic acids is 2. The first-order valence-corrected chi connectivity index (χ1v) is 8.51. The Morgan fingerprint density at radius 3 is 2.37 bits per heavy atom. The lowest BCUT2D eigenvalue weighted by Crippen LogP contribution is -2.34. The van der Waals surface area contributed by atoms with Gasteiger partial charge in [0.05, 0.1) is 10.5 Å². The number of ether oxygens (including phenoxy) is 1. The lowest BCUT2D eigenvalue weighted by molar-refractivity contribution is -0.383. The van der Waals surface area contributed by atoms with Crippen molar-refractivity contribution in [2.45, 2.75) is 13.8 Å². The lowest BCUT2D eigenvalue weighted by Gasteiger charge is -2.18. The monoisotopic (exact) mass is 371 g/mol. The van der Waals surface area contributed by atoms with E-state index in [-0.39, 0.29) is 22.8 Å². The van der Waals surface area contributed by atoms with Crippen LogP contribution in [0.3, 0.4) is 0 Å². The zero-order valence-electron chi connectivity index (χ0n) is 15.2. The van der Waals surface area contributed by atoms with Gasteiger partial charge in [0.25, 0.3) is 11.6 Å². The van der Waals surface area contributed by atoms with Crippen LogP contribution in [-0.4, -0.2) is 41.4 Å². The SMILES string of the molecule is CCN(CC)C(=O)COC(=O)c1ccc(Nc2ccccc2)c([N+](=O)[O-])c1. The van der Waals surface area contributed by atoms with Crippen LogP contribution in [0.2, 0.25) is 0 Å². The normalized spacial score (nSPS) is 10.1. The zero-order valence-corrected chi connectivity index (χ0v) is 15.2. The first-order chi connectivity index (χ1) is 13.0. The molecule has 2 rings (SSSR count). The molecule has 27 heavy (non-hydrogen) atoms. The summed E-state index contributed by atoms with van der Waals surface area (Å²) in [5.41, 5.74) is 0.679. The van der Waals surface area contributed by atoms with Crippen molar-refractivity contribution in [3.63, 3.8) is 0 Å². The molecule has 0 spiro atoms. The standard InChI is InChI=1S/C19H21N3O5/c1-3-21(4-2)18(23)13-27-19(24)14-10-11-16(17(12-14)22(25)26)20-15-8-6-5-7-9-15/h5-12,20H,3-4,13H2,1-2H3. The van der Waals surface area contributed by atoms with Crippen molar-refractivity contribution in [2.24, 2.45) is 0 Å². The molecule has 8 heteroatoms. The van der Waals surface area contributed by atoms with E-state index in [1.54, 1.807) is 24.3 Å². The van der Waals surface area contributed by atoms with Gasteiger partial charge in [0.1, 0.15) is 5.69 Å². The van der Waals surface area contributed by atoms with Gasteiger partial charge in [-0.3, -0.25) is 14.9 Å².